The van der Waals surface area contributed by atoms with E-state index in [2.05, 4.69) is 33.7 Å². The van der Waals surface area contributed by atoms with Crippen LogP contribution >= 0.6 is 0 Å². The molecule has 0 aromatic carbocycles. The zero-order valence-corrected chi connectivity index (χ0v) is 9.80. The van der Waals surface area contributed by atoms with Crippen molar-refractivity contribution in [3.05, 3.63) is 6.33 Å². The summed E-state index contributed by atoms with van der Waals surface area (Å²) in [4.78, 5) is 14.9. The molecule has 0 saturated heterocycles. The Balaban J connectivity index is 2.67. The lowest BCUT2D eigenvalue weighted by atomic mass is 10.4. The van der Waals surface area contributed by atoms with Crippen molar-refractivity contribution in [2.24, 2.45) is 7.05 Å². The second kappa shape index (κ2) is 3.96. The molecule has 2 rings (SSSR count). The normalized spacial score (nSPS) is 10.9. The van der Waals surface area contributed by atoms with Crippen LogP contribution < -0.4 is 10.6 Å². The lowest BCUT2D eigenvalue weighted by Gasteiger charge is -2.19. The predicted molar refractivity (Wildman–Crippen MR) is 64.3 cm³/mol. The number of aryl methyl sites for hydroxylation is 1. The largest absolute Gasteiger partial charge is 0.368 e. The summed E-state index contributed by atoms with van der Waals surface area (Å²) in [7, 11) is 1.90. The Morgan fingerprint density at radius 2 is 2.00 bits per heavy atom. The molecule has 0 aliphatic heterocycles. The van der Waals surface area contributed by atoms with Crippen LogP contribution in [0.2, 0.25) is 0 Å². The smallest absolute Gasteiger partial charge is 0.224 e. The van der Waals surface area contributed by atoms with Gasteiger partial charge in [-0.1, -0.05) is 0 Å². The maximum Gasteiger partial charge on any atom is 0.224 e. The average Bonchev–Trinajstić information content (AvgIpc) is 2.62. The van der Waals surface area contributed by atoms with Gasteiger partial charge in [-0.3, -0.25) is 0 Å². The first-order valence-electron chi connectivity index (χ1n) is 5.36. The third kappa shape index (κ3) is 1.56. The van der Waals surface area contributed by atoms with E-state index in [1.807, 2.05) is 11.6 Å². The van der Waals surface area contributed by atoms with E-state index in [-0.39, 0.29) is 5.95 Å². The van der Waals surface area contributed by atoms with Crippen LogP contribution in [0.1, 0.15) is 13.8 Å². The minimum Gasteiger partial charge on any atom is -0.368 e. The summed E-state index contributed by atoms with van der Waals surface area (Å²) in [6, 6.07) is 0. The summed E-state index contributed by atoms with van der Waals surface area (Å²) in [6.07, 6.45) is 1.73. The molecule has 0 saturated carbocycles. The first kappa shape index (κ1) is 10.7. The SMILES string of the molecule is CCN(CC)c1nc(N)nc2c1ncn2C. The van der Waals surface area contributed by atoms with Crippen LogP contribution in [0, 0.1) is 0 Å². The van der Waals surface area contributed by atoms with Gasteiger partial charge < -0.3 is 15.2 Å². The molecule has 0 aliphatic rings. The molecule has 6 heteroatoms. The van der Waals surface area contributed by atoms with E-state index >= 15 is 0 Å². The Bertz CT molecular complexity index is 499. The minimum absolute atomic E-state index is 0.290. The van der Waals surface area contributed by atoms with Crippen LogP contribution in [0.25, 0.3) is 11.2 Å². The van der Waals surface area contributed by atoms with Gasteiger partial charge >= 0.3 is 0 Å². The van der Waals surface area contributed by atoms with E-state index < -0.39 is 0 Å². The molecule has 2 heterocycles. The first-order chi connectivity index (χ1) is 7.67. The maximum absolute atomic E-state index is 5.71. The molecule has 16 heavy (non-hydrogen) atoms. The number of fused-ring (bicyclic) bond motifs is 1. The topological polar surface area (TPSA) is 72.9 Å². The monoisotopic (exact) mass is 220 g/mol. The number of nitrogens with zero attached hydrogens (tertiary/aromatic N) is 5. The molecule has 2 aromatic heterocycles. The molecule has 0 amide bonds. The van der Waals surface area contributed by atoms with Gasteiger partial charge in [0.15, 0.2) is 17.0 Å². The van der Waals surface area contributed by atoms with Gasteiger partial charge in [0.1, 0.15) is 0 Å². The summed E-state index contributed by atoms with van der Waals surface area (Å²) < 4.78 is 1.85. The second-order valence-electron chi connectivity index (χ2n) is 3.61. The molecule has 0 radical (unpaired) electrons. The third-order valence-electron chi connectivity index (χ3n) is 2.62. The van der Waals surface area contributed by atoms with E-state index in [4.69, 9.17) is 5.73 Å². The van der Waals surface area contributed by atoms with E-state index in [1.165, 1.54) is 0 Å². The highest BCUT2D eigenvalue weighted by Crippen LogP contribution is 2.22. The van der Waals surface area contributed by atoms with Gasteiger partial charge in [0.2, 0.25) is 5.95 Å². The number of hydrogen-bond donors (Lipinski definition) is 1. The van der Waals surface area contributed by atoms with E-state index in [1.54, 1.807) is 6.33 Å². The second-order valence-corrected chi connectivity index (χ2v) is 3.61. The van der Waals surface area contributed by atoms with E-state index in [0.29, 0.717) is 0 Å². The minimum atomic E-state index is 0.290. The van der Waals surface area contributed by atoms with Crippen LogP contribution in [-0.4, -0.2) is 32.6 Å². The van der Waals surface area contributed by atoms with Crippen molar-refractivity contribution in [2.75, 3.05) is 23.7 Å². The van der Waals surface area contributed by atoms with Crippen molar-refractivity contribution < 1.29 is 0 Å². The van der Waals surface area contributed by atoms with Crippen molar-refractivity contribution in [1.29, 1.82) is 0 Å². The quantitative estimate of drug-likeness (QED) is 0.828. The van der Waals surface area contributed by atoms with Crippen LogP contribution in [0.5, 0.6) is 0 Å². The molecular weight excluding hydrogens is 204 g/mol. The zero-order chi connectivity index (χ0) is 11.7. The summed E-state index contributed by atoms with van der Waals surface area (Å²) in [5, 5.41) is 0. The molecule has 0 fully saturated rings. The molecule has 2 aromatic rings. The number of anilines is 2. The number of hydrogen-bond acceptors (Lipinski definition) is 5. The molecule has 0 bridgehead atoms. The molecule has 2 N–H and O–H groups in total. The number of aromatic nitrogens is 4. The Kier molecular flexibility index (Phi) is 2.64. The molecule has 0 unspecified atom stereocenters. The lowest BCUT2D eigenvalue weighted by Crippen LogP contribution is -2.24. The van der Waals surface area contributed by atoms with Gasteiger partial charge in [-0.05, 0) is 13.8 Å². The zero-order valence-electron chi connectivity index (χ0n) is 9.80. The molecule has 0 spiro atoms. The summed E-state index contributed by atoms with van der Waals surface area (Å²) >= 11 is 0. The van der Waals surface area contributed by atoms with Gasteiger partial charge in [-0.15, -0.1) is 0 Å². The van der Waals surface area contributed by atoms with Crippen LogP contribution in [-0.2, 0) is 7.05 Å². The number of nitrogen functional groups attached to an aromatic ring is 1. The highest BCUT2D eigenvalue weighted by Gasteiger charge is 2.14. The van der Waals surface area contributed by atoms with Gasteiger partial charge in [0.05, 0.1) is 6.33 Å². The van der Waals surface area contributed by atoms with E-state index in [0.717, 1.165) is 30.1 Å². The van der Waals surface area contributed by atoms with E-state index in [9.17, 15) is 0 Å². The fourth-order valence-electron chi connectivity index (χ4n) is 1.75. The van der Waals surface area contributed by atoms with Gasteiger partial charge in [0.25, 0.3) is 0 Å². The highest BCUT2D eigenvalue weighted by atomic mass is 15.2. The predicted octanol–water partition coefficient (Wildman–Crippen LogP) is 0.792. The van der Waals surface area contributed by atoms with Crippen LogP contribution in [0.4, 0.5) is 11.8 Å². The Morgan fingerprint density at radius 1 is 1.31 bits per heavy atom. The molecule has 86 valence electrons. The Hall–Kier alpha value is -1.85. The van der Waals surface area contributed by atoms with Gasteiger partial charge in [-0.25, -0.2) is 4.98 Å². The third-order valence-corrected chi connectivity index (χ3v) is 2.62. The fraction of sp³-hybridized carbons (Fsp3) is 0.500. The van der Waals surface area contributed by atoms with Crippen LogP contribution in [0.3, 0.4) is 0 Å². The van der Waals surface area contributed by atoms with Crippen molar-refractivity contribution in [2.45, 2.75) is 13.8 Å². The number of nitrogens with two attached hydrogens (primary N) is 1. The fourth-order valence-corrected chi connectivity index (χ4v) is 1.75. The Morgan fingerprint density at radius 3 is 2.62 bits per heavy atom. The number of rotatable bonds is 3. The number of imidazole rings is 1. The molecule has 0 aliphatic carbocycles. The summed E-state index contributed by atoms with van der Waals surface area (Å²) in [6.45, 7) is 5.91. The average molecular weight is 220 g/mol. The van der Waals surface area contributed by atoms with Crippen molar-refractivity contribution >= 4 is 22.9 Å². The molecule has 0 atom stereocenters. The molecule has 6 nitrogen and oxygen atoms in total. The van der Waals surface area contributed by atoms with Gasteiger partial charge in [0, 0.05) is 20.1 Å². The molecular formula is C10H16N6. The first-order valence-corrected chi connectivity index (χ1v) is 5.36. The van der Waals surface area contributed by atoms with Gasteiger partial charge in [-0.2, -0.15) is 9.97 Å². The van der Waals surface area contributed by atoms with Crippen LogP contribution in [0.15, 0.2) is 6.33 Å². The maximum atomic E-state index is 5.71. The van der Waals surface area contributed by atoms with Crippen molar-refractivity contribution in [1.82, 2.24) is 19.5 Å². The summed E-state index contributed by atoms with van der Waals surface area (Å²) in [5.74, 6) is 1.10. The summed E-state index contributed by atoms with van der Waals surface area (Å²) in [5.41, 5.74) is 7.29. The lowest BCUT2D eigenvalue weighted by molar-refractivity contribution is 0.848. The highest BCUT2D eigenvalue weighted by molar-refractivity contribution is 5.84. The Labute approximate surface area is 94.1 Å². The van der Waals surface area contributed by atoms with Crippen molar-refractivity contribution in [3.8, 4) is 0 Å². The van der Waals surface area contributed by atoms with Crippen molar-refractivity contribution in [3.63, 3.8) is 0 Å². The standard InChI is InChI=1S/C10H16N6/c1-4-16(5-2)9-7-8(13-10(11)14-9)15(3)6-12-7/h6H,4-5H2,1-3H3,(H2,11,13,14).